The van der Waals surface area contributed by atoms with Crippen molar-refractivity contribution < 1.29 is 43.2 Å². The lowest BCUT2D eigenvalue weighted by Gasteiger charge is -2.32. The van der Waals surface area contributed by atoms with Crippen LogP contribution in [0.4, 0.5) is 4.79 Å². The number of hydrogen-bond acceptors (Lipinski definition) is 9. The predicted molar refractivity (Wildman–Crippen MR) is 150 cm³/mol. The van der Waals surface area contributed by atoms with Crippen molar-refractivity contribution in [2.45, 2.75) is 106 Å². The molecule has 0 radical (unpaired) electrons. The zero-order chi connectivity index (χ0) is 30.7. The summed E-state index contributed by atoms with van der Waals surface area (Å²) in [4.78, 5) is 50.2. The van der Waals surface area contributed by atoms with Gasteiger partial charge in [-0.3, -0.25) is 14.9 Å². The molecule has 1 aromatic carbocycles. The third kappa shape index (κ3) is 12.4. The standard InChI is InChI=1S/C30H47NO9/c1-10-20(5)14-25(32)38-23-13-12-22(16-24(23)39-26(33)15-21(6)11-2)17-30(27(34)35,31-19(3)4)40-28(36)37-18-29(7,8)9/h12-13,16,19-21,31H,10-11,14-15,17-18H2,1-9H3,(H,34,35)/t20?,21?,30-/m0/s1. The van der Waals surface area contributed by atoms with Crippen LogP contribution in [0.25, 0.3) is 0 Å². The molecule has 0 amide bonds. The number of carbonyl (C=O) groups is 4. The minimum Gasteiger partial charge on any atom is -0.477 e. The fourth-order valence-corrected chi connectivity index (χ4v) is 3.51. The number of nitrogens with one attached hydrogen (secondary N) is 1. The van der Waals surface area contributed by atoms with Crippen LogP contribution < -0.4 is 14.8 Å². The molecule has 1 rings (SSSR count). The average molecular weight is 566 g/mol. The molecule has 0 bridgehead atoms. The lowest BCUT2D eigenvalue weighted by Crippen LogP contribution is -2.59. The van der Waals surface area contributed by atoms with Crippen LogP contribution >= 0.6 is 0 Å². The zero-order valence-electron chi connectivity index (χ0n) is 25.4. The number of carbonyl (C=O) groups excluding carboxylic acids is 3. The molecule has 0 aromatic heterocycles. The van der Waals surface area contributed by atoms with Gasteiger partial charge in [-0.15, -0.1) is 0 Å². The minimum atomic E-state index is -2.18. The molecule has 2 unspecified atom stereocenters. The van der Waals surface area contributed by atoms with E-state index in [2.05, 4.69) is 5.32 Å². The molecule has 0 spiro atoms. The highest BCUT2D eigenvalue weighted by atomic mass is 16.7. The van der Waals surface area contributed by atoms with Crippen LogP contribution in [0, 0.1) is 17.3 Å². The lowest BCUT2D eigenvalue weighted by atomic mass is 9.99. The van der Waals surface area contributed by atoms with Crippen molar-refractivity contribution in [3.63, 3.8) is 0 Å². The first kappa shape index (κ1) is 34.9. The van der Waals surface area contributed by atoms with Gasteiger partial charge in [-0.05, 0) is 48.8 Å². The summed E-state index contributed by atoms with van der Waals surface area (Å²) in [5, 5.41) is 13.0. The third-order valence-electron chi connectivity index (χ3n) is 6.08. The van der Waals surface area contributed by atoms with Crippen molar-refractivity contribution in [1.82, 2.24) is 5.32 Å². The molecule has 0 aliphatic rings. The molecule has 2 N–H and O–H groups in total. The highest BCUT2D eigenvalue weighted by Crippen LogP contribution is 2.32. The second-order valence-corrected chi connectivity index (χ2v) is 12.0. The summed E-state index contributed by atoms with van der Waals surface area (Å²) in [6.45, 7) is 16.8. The Morgan fingerprint density at radius 3 is 1.85 bits per heavy atom. The summed E-state index contributed by atoms with van der Waals surface area (Å²) >= 11 is 0. The maximum absolute atomic E-state index is 12.6. The monoisotopic (exact) mass is 565 g/mol. The number of benzene rings is 1. The fourth-order valence-electron chi connectivity index (χ4n) is 3.51. The molecule has 10 nitrogen and oxygen atoms in total. The average Bonchev–Trinajstić information content (AvgIpc) is 2.83. The number of carboxylic acid groups (broad SMARTS) is 1. The normalized spacial score (nSPS) is 14.6. The van der Waals surface area contributed by atoms with E-state index in [0.29, 0.717) is 5.56 Å². The van der Waals surface area contributed by atoms with Crippen molar-refractivity contribution >= 4 is 24.1 Å². The molecular formula is C30H47NO9. The summed E-state index contributed by atoms with van der Waals surface area (Å²) in [7, 11) is 0. The highest BCUT2D eigenvalue weighted by Gasteiger charge is 2.44. The topological polar surface area (TPSA) is 137 Å². The molecule has 0 saturated heterocycles. The van der Waals surface area contributed by atoms with E-state index in [4.69, 9.17) is 18.9 Å². The number of rotatable bonds is 15. The van der Waals surface area contributed by atoms with Gasteiger partial charge in [0, 0.05) is 25.3 Å². The van der Waals surface area contributed by atoms with E-state index >= 15 is 0 Å². The molecule has 0 aliphatic carbocycles. The fraction of sp³-hybridized carbons (Fsp3) is 0.667. The van der Waals surface area contributed by atoms with Crippen LogP contribution in [0.3, 0.4) is 0 Å². The SMILES string of the molecule is CCC(C)CC(=O)Oc1ccc(C[C@](NC(C)C)(OC(=O)OCC(C)(C)C)C(=O)O)cc1OC(=O)CC(C)CC. The van der Waals surface area contributed by atoms with E-state index in [1.165, 1.54) is 18.2 Å². The molecule has 226 valence electrons. The van der Waals surface area contributed by atoms with Crippen LogP contribution in [0.5, 0.6) is 11.5 Å². The summed E-state index contributed by atoms with van der Waals surface area (Å²) < 4.78 is 21.7. The van der Waals surface area contributed by atoms with E-state index in [1.807, 2.05) is 48.5 Å². The van der Waals surface area contributed by atoms with Crippen LogP contribution in [-0.4, -0.2) is 47.5 Å². The maximum Gasteiger partial charge on any atom is 0.510 e. The summed E-state index contributed by atoms with van der Waals surface area (Å²) in [5.74, 6) is -2.23. The first-order valence-corrected chi connectivity index (χ1v) is 13.9. The van der Waals surface area contributed by atoms with Gasteiger partial charge < -0.3 is 24.1 Å². The van der Waals surface area contributed by atoms with Gasteiger partial charge in [0.15, 0.2) is 11.5 Å². The number of aliphatic carboxylic acids is 1. The third-order valence-corrected chi connectivity index (χ3v) is 6.08. The molecular weight excluding hydrogens is 518 g/mol. The number of esters is 2. The zero-order valence-corrected chi connectivity index (χ0v) is 25.4. The van der Waals surface area contributed by atoms with Crippen molar-refractivity contribution in [2.24, 2.45) is 17.3 Å². The van der Waals surface area contributed by atoms with Crippen LogP contribution in [0.2, 0.25) is 0 Å². The van der Waals surface area contributed by atoms with E-state index in [0.717, 1.165) is 12.8 Å². The van der Waals surface area contributed by atoms with Crippen molar-refractivity contribution in [2.75, 3.05) is 6.61 Å². The second-order valence-electron chi connectivity index (χ2n) is 12.0. The lowest BCUT2D eigenvalue weighted by molar-refractivity contribution is -0.167. The maximum atomic E-state index is 12.6. The van der Waals surface area contributed by atoms with E-state index in [1.54, 1.807) is 13.8 Å². The highest BCUT2D eigenvalue weighted by molar-refractivity contribution is 5.81. The van der Waals surface area contributed by atoms with Gasteiger partial charge in [-0.1, -0.05) is 67.4 Å². The Hall–Kier alpha value is -3.14. The Kier molecular flexibility index (Phi) is 13.6. The molecule has 0 fully saturated rings. The summed E-state index contributed by atoms with van der Waals surface area (Å²) in [5.41, 5.74) is -2.19. The molecule has 0 aliphatic heterocycles. The Bertz CT molecular complexity index is 1010. The van der Waals surface area contributed by atoms with E-state index in [-0.39, 0.29) is 60.7 Å². The van der Waals surface area contributed by atoms with E-state index < -0.39 is 29.8 Å². The van der Waals surface area contributed by atoms with Gasteiger partial charge in [0.25, 0.3) is 5.72 Å². The van der Waals surface area contributed by atoms with Crippen LogP contribution in [-0.2, 0) is 30.3 Å². The van der Waals surface area contributed by atoms with Gasteiger partial charge in [-0.25, -0.2) is 9.59 Å². The Morgan fingerprint density at radius 2 is 1.40 bits per heavy atom. The van der Waals surface area contributed by atoms with Crippen LogP contribution in [0.1, 0.15) is 93.6 Å². The van der Waals surface area contributed by atoms with Crippen molar-refractivity contribution in [3.05, 3.63) is 23.8 Å². The Morgan fingerprint density at radius 1 is 0.875 bits per heavy atom. The molecule has 10 heteroatoms. The first-order valence-electron chi connectivity index (χ1n) is 13.9. The number of ether oxygens (including phenoxy) is 4. The summed E-state index contributed by atoms with van der Waals surface area (Å²) in [6.07, 6.45) is 0.435. The van der Waals surface area contributed by atoms with Gasteiger partial charge in [0.1, 0.15) is 0 Å². The van der Waals surface area contributed by atoms with Gasteiger partial charge in [0.2, 0.25) is 0 Å². The molecule has 3 atom stereocenters. The smallest absolute Gasteiger partial charge is 0.477 e. The molecule has 1 aromatic rings. The van der Waals surface area contributed by atoms with E-state index in [9.17, 15) is 24.3 Å². The largest absolute Gasteiger partial charge is 0.510 e. The predicted octanol–water partition coefficient (Wildman–Crippen LogP) is 5.89. The second kappa shape index (κ2) is 15.6. The molecule has 40 heavy (non-hydrogen) atoms. The van der Waals surface area contributed by atoms with Crippen LogP contribution in [0.15, 0.2) is 18.2 Å². The Balaban J connectivity index is 3.41. The van der Waals surface area contributed by atoms with Crippen molar-refractivity contribution in [1.29, 1.82) is 0 Å². The molecule has 0 saturated carbocycles. The van der Waals surface area contributed by atoms with Crippen molar-refractivity contribution in [3.8, 4) is 11.5 Å². The number of hydrogen-bond donors (Lipinski definition) is 2. The van der Waals surface area contributed by atoms with Gasteiger partial charge >= 0.3 is 24.1 Å². The first-order chi connectivity index (χ1) is 18.5. The molecule has 0 heterocycles. The van der Waals surface area contributed by atoms with Gasteiger partial charge in [0.05, 0.1) is 6.61 Å². The van der Waals surface area contributed by atoms with Gasteiger partial charge in [-0.2, -0.15) is 0 Å². The minimum absolute atomic E-state index is 0.0240. The number of carboxylic acids is 1. The summed E-state index contributed by atoms with van der Waals surface area (Å²) in [6, 6.07) is 4.00. The quantitative estimate of drug-likeness (QED) is 0.150. The Labute approximate surface area is 238 Å².